The molecular weight excluding hydrogens is 471 g/mol. The Morgan fingerprint density at radius 2 is 1.93 bits per heavy atom. The van der Waals surface area contributed by atoms with E-state index >= 15 is 0 Å². The molecule has 6 heteroatoms. The molecule has 1 fully saturated rings. The number of piperidine rings is 1. The van der Waals surface area contributed by atoms with Gasteiger partial charge in [0.25, 0.3) is 0 Å². The average Bonchev–Trinajstić information content (AvgIpc) is 2.68. The molecule has 1 aliphatic heterocycles. The lowest BCUT2D eigenvalue weighted by Gasteiger charge is -2.31. The molecule has 0 aliphatic carbocycles. The van der Waals surface area contributed by atoms with Crippen molar-refractivity contribution in [1.29, 1.82) is 0 Å². The summed E-state index contributed by atoms with van der Waals surface area (Å²) < 4.78 is 0. The molecule has 1 aliphatic rings. The molecule has 0 saturated carbocycles. The van der Waals surface area contributed by atoms with Gasteiger partial charge in [0.05, 0.1) is 0 Å². The number of rotatable bonds is 4. The van der Waals surface area contributed by atoms with Crippen molar-refractivity contribution in [2.75, 3.05) is 26.7 Å². The van der Waals surface area contributed by atoms with Gasteiger partial charge in [-0.15, -0.1) is 24.0 Å². The molecule has 1 aromatic heterocycles. The van der Waals surface area contributed by atoms with Gasteiger partial charge in [0.15, 0.2) is 5.96 Å². The van der Waals surface area contributed by atoms with E-state index in [2.05, 4.69) is 56.6 Å². The first kappa shape index (κ1) is 21.7. The average molecular weight is 497 g/mol. The summed E-state index contributed by atoms with van der Waals surface area (Å²) in [6.07, 6.45) is 7.21. The van der Waals surface area contributed by atoms with E-state index < -0.39 is 0 Å². The quantitative estimate of drug-likeness (QED) is 0.290. The van der Waals surface area contributed by atoms with Crippen molar-refractivity contribution < 1.29 is 0 Å². The number of aromatic nitrogens is 1. The molecule has 0 amide bonds. The molecule has 0 bridgehead atoms. The Hall–Kier alpha value is -1.60. The topological polar surface area (TPSA) is 40.5 Å². The highest BCUT2D eigenvalue weighted by atomic mass is 127. The first-order valence-corrected chi connectivity index (χ1v) is 9.43. The second-order valence-corrected chi connectivity index (χ2v) is 6.80. The molecule has 0 radical (unpaired) electrons. The minimum Gasteiger partial charge on any atom is -0.356 e. The molecule has 1 aromatic carbocycles. The third-order valence-electron chi connectivity index (χ3n) is 4.57. The van der Waals surface area contributed by atoms with Crippen molar-refractivity contribution in [2.24, 2.45) is 4.99 Å². The monoisotopic (exact) mass is 496 g/mol. The molecule has 144 valence electrons. The number of nitrogens with zero attached hydrogens (tertiary/aromatic N) is 3. The molecule has 27 heavy (non-hydrogen) atoms. The van der Waals surface area contributed by atoms with Crippen molar-refractivity contribution in [3.8, 4) is 0 Å². The largest absolute Gasteiger partial charge is 0.356 e. The molecule has 1 N–H and O–H groups in total. The zero-order chi connectivity index (χ0) is 18.2. The SMILES string of the molecule is CN=C(NCCc1ccc(Cl)nc1)N1CCC(=Cc2ccccc2)CC1.I. The Morgan fingerprint density at radius 1 is 1.19 bits per heavy atom. The van der Waals surface area contributed by atoms with E-state index in [4.69, 9.17) is 11.6 Å². The fraction of sp³-hybridized carbons (Fsp3) is 0.333. The summed E-state index contributed by atoms with van der Waals surface area (Å²) in [7, 11) is 1.85. The number of hydrogen-bond donors (Lipinski definition) is 1. The maximum absolute atomic E-state index is 5.83. The van der Waals surface area contributed by atoms with E-state index in [-0.39, 0.29) is 24.0 Å². The Kier molecular flexibility index (Phi) is 9.07. The maximum Gasteiger partial charge on any atom is 0.193 e. The third-order valence-corrected chi connectivity index (χ3v) is 4.80. The maximum atomic E-state index is 5.83. The lowest BCUT2D eigenvalue weighted by Crippen LogP contribution is -2.45. The van der Waals surface area contributed by atoms with Crippen LogP contribution in [0.25, 0.3) is 6.08 Å². The predicted octanol–water partition coefficient (Wildman–Crippen LogP) is 4.65. The lowest BCUT2D eigenvalue weighted by atomic mass is 10.0. The summed E-state index contributed by atoms with van der Waals surface area (Å²) in [6, 6.07) is 14.4. The van der Waals surface area contributed by atoms with E-state index in [1.165, 1.54) is 16.7 Å². The highest BCUT2D eigenvalue weighted by Gasteiger charge is 2.16. The zero-order valence-electron chi connectivity index (χ0n) is 15.6. The predicted molar refractivity (Wildman–Crippen MR) is 125 cm³/mol. The number of aliphatic imine (C=N–C) groups is 1. The van der Waals surface area contributed by atoms with Crippen molar-refractivity contribution in [3.05, 3.63) is 70.5 Å². The van der Waals surface area contributed by atoms with Crippen molar-refractivity contribution in [1.82, 2.24) is 15.2 Å². The summed E-state index contributed by atoms with van der Waals surface area (Å²) in [4.78, 5) is 10.9. The van der Waals surface area contributed by atoms with Crippen LogP contribution in [0.5, 0.6) is 0 Å². The van der Waals surface area contributed by atoms with Gasteiger partial charge in [-0.05, 0) is 36.5 Å². The number of halogens is 2. The van der Waals surface area contributed by atoms with Crippen LogP contribution >= 0.6 is 35.6 Å². The molecular formula is C21H26ClIN4. The summed E-state index contributed by atoms with van der Waals surface area (Å²) in [5.41, 5.74) is 3.97. The van der Waals surface area contributed by atoms with Gasteiger partial charge in [0.1, 0.15) is 5.15 Å². The molecule has 0 atom stereocenters. The van der Waals surface area contributed by atoms with Crippen LogP contribution in [0.4, 0.5) is 0 Å². The van der Waals surface area contributed by atoms with Crippen LogP contribution in [-0.2, 0) is 6.42 Å². The van der Waals surface area contributed by atoms with Crippen LogP contribution in [0.15, 0.2) is 59.2 Å². The van der Waals surface area contributed by atoms with Gasteiger partial charge in [0, 0.05) is 32.9 Å². The Balaban J connectivity index is 0.00000261. The smallest absolute Gasteiger partial charge is 0.193 e. The fourth-order valence-electron chi connectivity index (χ4n) is 3.14. The van der Waals surface area contributed by atoms with Gasteiger partial charge in [0.2, 0.25) is 0 Å². The van der Waals surface area contributed by atoms with Crippen LogP contribution in [0.2, 0.25) is 5.15 Å². The molecule has 2 heterocycles. The van der Waals surface area contributed by atoms with E-state index in [0.717, 1.165) is 44.9 Å². The summed E-state index contributed by atoms with van der Waals surface area (Å²) in [6.45, 7) is 2.83. The van der Waals surface area contributed by atoms with Crippen LogP contribution in [-0.4, -0.2) is 42.5 Å². The Labute approximate surface area is 183 Å². The van der Waals surface area contributed by atoms with Crippen LogP contribution in [0, 0.1) is 0 Å². The van der Waals surface area contributed by atoms with Crippen molar-refractivity contribution >= 4 is 47.6 Å². The standard InChI is InChI=1S/C21H25ClN4.HI/c1-23-21(24-12-9-19-7-8-20(22)25-16-19)26-13-10-18(11-14-26)15-17-5-3-2-4-6-17;/h2-8,15-16H,9-14H2,1H3,(H,23,24);1H. The minimum absolute atomic E-state index is 0. The van der Waals surface area contributed by atoms with Crippen molar-refractivity contribution in [2.45, 2.75) is 19.3 Å². The second kappa shape index (κ2) is 11.3. The van der Waals surface area contributed by atoms with Gasteiger partial charge in [-0.3, -0.25) is 4.99 Å². The Bertz CT molecular complexity index is 750. The second-order valence-electron chi connectivity index (χ2n) is 6.41. The lowest BCUT2D eigenvalue weighted by molar-refractivity contribution is 0.376. The van der Waals surface area contributed by atoms with Crippen LogP contribution < -0.4 is 5.32 Å². The number of benzene rings is 1. The van der Waals surface area contributed by atoms with Crippen LogP contribution in [0.3, 0.4) is 0 Å². The first-order chi connectivity index (χ1) is 12.7. The molecule has 1 saturated heterocycles. The van der Waals surface area contributed by atoms with E-state index in [0.29, 0.717) is 5.15 Å². The molecule has 3 rings (SSSR count). The summed E-state index contributed by atoms with van der Waals surface area (Å²) in [5.74, 6) is 0.977. The van der Waals surface area contributed by atoms with Crippen LogP contribution in [0.1, 0.15) is 24.0 Å². The van der Waals surface area contributed by atoms with Gasteiger partial charge in [-0.25, -0.2) is 4.98 Å². The fourth-order valence-corrected chi connectivity index (χ4v) is 3.25. The molecule has 4 nitrogen and oxygen atoms in total. The van der Waals surface area contributed by atoms with Crippen molar-refractivity contribution in [3.63, 3.8) is 0 Å². The highest BCUT2D eigenvalue weighted by molar-refractivity contribution is 14.0. The molecule has 0 spiro atoms. The van der Waals surface area contributed by atoms with Gasteiger partial charge >= 0.3 is 0 Å². The zero-order valence-corrected chi connectivity index (χ0v) is 18.7. The number of nitrogens with one attached hydrogen (secondary N) is 1. The van der Waals surface area contributed by atoms with E-state index in [1.807, 2.05) is 25.4 Å². The van der Waals surface area contributed by atoms with Gasteiger partial charge in [-0.1, -0.05) is 59.6 Å². The normalized spacial score (nSPS) is 14.5. The Morgan fingerprint density at radius 3 is 2.56 bits per heavy atom. The van der Waals surface area contributed by atoms with E-state index in [1.54, 1.807) is 0 Å². The molecule has 0 unspecified atom stereocenters. The summed E-state index contributed by atoms with van der Waals surface area (Å²) in [5, 5.41) is 4.00. The minimum atomic E-state index is 0. The van der Waals surface area contributed by atoms with Gasteiger partial charge in [-0.2, -0.15) is 0 Å². The number of hydrogen-bond acceptors (Lipinski definition) is 2. The third kappa shape index (κ3) is 6.81. The van der Waals surface area contributed by atoms with Gasteiger partial charge < -0.3 is 10.2 Å². The highest BCUT2D eigenvalue weighted by Crippen LogP contribution is 2.19. The first-order valence-electron chi connectivity index (χ1n) is 9.05. The summed E-state index contributed by atoms with van der Waals surface area (Å²) >= 11 is 5.83. The number of likely N-dealkylation sites (tertiary alicyclic amines) is 1. The number of guanidine groups is 1. The number of pyridine rings is 1. The molecule has 2 aromatic rings. The van der Waals surface area contributed by atoms with E-state index in [9.17, 15) is 0 Å².